The molecule has 1 N–H and O–H groups in total. The lowest BCUT2D eigenvalue weighted by molar-refractivity contribution is -0.132. The molecule has 0 radical (unpaired) electrons. The van der Waals surface area contributed by atoms with Crippen LogP contribution >= 0.6 is 0 Å². The second-order valence-electron chi connectivity index (χ2n) is 1.66. The third-order valence-corrected chi connectivity index (χ3v) is 0.654. The van der Waals surface area contributed by atoms with Crippen molar-refractivity contribution in [3.8, 4) is 0 Å². The molecular weight excluding hydrogens is 132 g/mol. The number of hydrogen-bond donors (Lipinski definition) is 1. The number of hydrogen-bond acceptors (Lipinski definition) is 2. The zero-order valence-electron chi connectivity index (χ0n) is 6.68. The van der Waals surface area contributed by atoms with E-state index in [0.717, 1.165) is 6.61 Å². The molecule has 0 rings (SSSR count). The first kappa shape index (κ1) is 11.9. The van der Waals surface area contributed by atoms with Crippen molar-refractivity contribution in [3.63, 3.8) is 0 Å². The molecular formula is C7H14O3. The molecule has 0 heterocycles. The van der Waals surface area contributed by atoms with Crippen molar-refractivity contribution < 1.29 is 14.6 Å². The van der Waals surface area contributed by atoms with E-state index in [9.17, 15) is 4.79 Å². The van der Waals surface area contributed by atoms with E-state index in [2.05, 4.69) is 11.3 Å². The Hall–Kier alpha value is -0.830. The lowest BCUT2D eigenvalue weighted by Gasteiger charge is -1.79. The largest absolute Gasteiger partial charge is 0.478 e. The molecule has 60 valence electrons. The summed E-state index contributed by atoms with van der Waals surface area (Å²) < 4.78 is 4.54. The van der Waals surface area contributed by atoms with E-state index in [4.69, 9.17) is 5.11 Å². The quantitative estimate of drug-likeness (QED) is 0.597. The first-order valence-corrected chi connectivity index (χ1v) is 2.94. The predicted octanol–water partition coefficient (Wildman–Crippen LogP) is 1.30. The number of carboxylic acids is 1. The second kappa shape index (κ2) is 8.17. The standard InChI is InChI=1S/C4H6O2.C3H8O/c1-3(2)4(5)6;1-3-4-2/h1H2,2H3,(H,5,6);3H2,1-2H3. The van der Waals surface area contributed by atoms with E-state index in [0.29, 0.717) is 0 Å². The van der Waals surface area contributed by atoms with Crippen LogP contribution in [0.4, 0.5) is 0 Å². The molecule has 3 nitrogen and oxygen atoms in total. The Morgan fingerprint density at radius 1 is 1.70 bits per heavy atom. The van der Waals surface area contributed by atoms with Gasteiger partial charge < -0.3 is 9.84 Å². The lowest BCUT2D eigenvalue weighted by atomic mass is 10.4. The van der Waals surface area contributed by atoms with Crippen LogP contribution in [0.25, 0.3) is 0 Å². The van der Waals surface area contributed by atoms with Gasteiger partial charge in [-0.1, -0.05) is 6.58 Å². The summed E-state index contributed by atoms with van der Waals surface area (Å²) in [4.78, 5) is 9.60. The summed E-state index contributed by atoms with van der Waals surface area (Å²) in [6, 6.07) is 0. The number of ether oxygens (including phenoxy) is 1. The van der Waals surface area contributed by atoms with Gasteiger partial charge in [-0.05, 0) is 13.8 Å². The van der Waals surface area contributed by atoms with E-state index >= 15 is 0 Å². The summed E-state index contributed by atoms with van der Waals surface area (Å²) in [5.41, 5.74) is 0.176. The molecule has 0 aliphatic rings. The molecule has 0 saturated carbocycles. The summed E-state index contributed by atoms with van der Waals surface area (Å²) in [5.74, 6) is -0.935. The molecule has 0 aliphatic carbocycles. The Morgan fingerprint density at radius 2 is 1.90 bits per heavy atom. The first-order valence-electron chi connectivity index (χ1n) is 2.94. The molecule has 0 amide bonds. The third kappa shape index (κ3) is 15.7. The predicted molar refractivity (Wildman–Crippen MR) is 40.0 cm³/mol. The fourth-order valence-corrected chi connectivity index (χ4v) is 0. The molecule has 0 saturated heterocycles. The number of methoxy groups -OCH3 is 1. The molecule has 3 heteroatoms. The van der Waals surface area contributed by atoms with Gasteiger partial charge in [0.15, 0.2) is 0 Å². The van der Waals surface area contributed by atoms with Gasteiger partial charge in [-0.15, -0.1) is 0 Å². The third-order valence-electron chi connectivity index (χ3n) is 0.654. The molecule has 0 aromatic rings. The smallest absolute Gasteiger partial charge is 0.330 e. The Labute approximate surface area is 61.3 Å². The van der Waals surface area contributed by atoms with Gasteiger partial charge >= 0.3 is 5.97 Å². The van der Waals surface area contributed by atoms with E-state index in [-0.39, 0.29) is 5.57 Å². The van der Waals surface area contributed by atoms with Crippen molar-refractivity contribution in [1.29, 1.82) is 0 Å². The summed E-state index contributed by atoms with van der Waals surface area (Å²) in [6.45, 7) is 7.38. The minimum absolute atomic E-state index is 0.176. The highest BCUT2D eigenvalue weighted by atomic mass is 16.5. The minimum Gasteiger partial charge on any atom is -0.478 e. The van der Waals surface area contributed by atoms with Gasteiger partial charge in [-0.3, -0.25) is 0 Å². The highest BCUT2D eigenvalue weighted by Gasteiger charge is 1.90. The molecule has 0 unspecified atom stereocenters. The van der Waals surface area contributed by atoms with Crippen LogP contribution in [0.1, 0.15) is 13.8 Å². The Bertz CT molecular complexity index is 93.4. The molecule has 0 fully saturated rings. The number of carbonyl (C=O) groups is 1. The number of carboxylic acid groups (broad SMARTS) is 1. The van der Waals surface area contributed by atoms with Crippen molar-refractivity contribution in [2.45, 2.75) is 13.8 Å². The van der Waals surface area contributed by atoms with Crippen LogP contribution in [0.15, 0.2) is 12.2 Å². The van der Waals surface area contributed by atoms with E-state index in [1.807, 2.05) is 6.92 Å². The van der Waals surface area contributed by atoms with Crippen LogP contribution in [0.3, 0.4) is 0 Å². The van der Waals surface area contributed by atoms with Gasteiger partial charge in [0.1, 0.15) is 0 Å². The zero-order chi connectivity index (χ0) is 8.57. The normalized spacial score (nSPS) is 7.50. The van der Waals surface area contributed by atoms with E-state index < -0.39 is 5.97 Å². The Morgan fingerprint density at radius 3 is 1.90 bits per heavy atom. The average Bonchev–Trinajstić information content (AvgIpc) is 1.89. The van der Waals surface area contributed by atoms with Gasteiger partial charge in [-0.25, -0.2) is 4.79 Å². The van der Waals surface area contributed by atoms with Crippen LogP contribution in [-0.2, 0) is 9.53 Å². The van der Waals surface area contributed by atoms with Gasteiger partial charge in [-0.2, -0.15) is 0 Å². The minimum atomic E-state index is -0.935. The van der Waals surface area contributed by atoms with Crippen molar-refractivity contribution in [2.24, 2.45) is 0 Å². The number of aliphatic carboxylic acids is 1. The van der Waals surface area contributed by atoms with Gasteiger partial charge in [0.05, 0.1) is 0 Å². The van der Waals surface area contributed by atoms with Crippen molar-refractivity contribution in [1.82, 2.24) is 0 Å². The number of rotatable bonds is 2. The van der Waals surface area contributed by atoms with Gasteiger partial charge in [0.2, 0.25) is 0 Å². The molecule has 0 aliphatic heterocycles. The van der Waals surface area contributed by atoms with Gasteiger partial charge in [0.25, 0.3) is 0 Å². The van der Waals surface area contributed by atoms with Crippen LogP contribution < -0.4 is 0 Å². The molecule has 10 heavy (non-hydrogen) atoms. The molecule has 0 aromatic carbocycles. The maximum absolute atomic E-state index is 9.60. The molecule has 0 spiro atoms. The van der Waals surface area contributed by atoms with E-state index in [1.54, 1.807) is 7.11 Å². The SMILES string of the molecule is C=C(C)C(=O)O.CCOC. The highest BCUT2D eigenvalue weighted by molar-refractivity contribution is 5.84. The Balaban J connectivity index is 0. The molecule has 0 aromatic heterocycles. The average molecular weight is 146 g/mol. The van der Waals surface area contributed by atoms with Crippen LogP contribution in [0, 0.1) is 0 Å². The zero-order valence-corrected chi connectivity index (χ0v) is 6.68. The Kier molecular flexibility index (Phi) is 9.73. The maximum Gasteiger partial charge on any atom is 0.330 e. The molecule has 0 bridgehead atoms. The second-order valence-corrected chi connectivity index (χ2v) is 1.66. The lowest BCUT2D eigenvalue weighted by Crippen LogP contribution is -1.92. The first-order chi connectivity index (χ1) is 4.56. The monoisotopic (exact) mass is 146 g/mol. The fourth-order valence-electron chi connectivity index (χ4n) is 0. The van der Waals surface area contributed by atoms with Crippen LogP contribution in [0.5, 0.6) is 0 Å². The topological polar surface area (TPSA) is 46.5 Å². The fraction of sp³-hybridized carbons (Fsp3) is 0.571. The maximum atomic E-state index is 9.60. The van der Waals surface area contributed by atoms with Crippen molar-refractivity contribution in [3.05, 3.63) is 12.2 Å². The van der Waals surface area contributed by atoms with Crippen molar-refractivity contribution in [2.75, 3.05) is 13.7 Å². The summed E-state index contributed by atoms with van der Waals surface area (Å²) in [5, 5.41) is 7.89. The van der Waals surface area contributed by atoms with Crippen LogP contribution in [-0.4, -0.2) is 24.8 Å². The summed E-state index contributed by atoms with van der Waals surface area (Å²) >= 11 is 0. The van der Waals surface area contributed by atoms with Gasteiger partial charge in [0, 0.05) is 19.3 Å². The van der Waals surface area contributed by atoms with E-state index in [1.165, 1.54) is 6.92 Å². The summed E-state index contributed by atoms with van der Waals surface area (Å²) in [7, 11) is 1.68. The van der Waals surface area contributed by atoms with Crippen molar-refractivity contribution >= 4 is 5.97 Å². The van der Waals surface area contributed by atoms with Crippen LogP contribution in [0.2, 0.25) is 0 Å². The summed E-state index contributed by atoms with van der Waals surface area (Å²) in [6.07, 6.45) is 0. The highest BCUT2D eigenvalue weighted by Crippen LogP contribution is 1.81. The molecule has 0 atom stereocenters.